The highest BCUT2D eigenvalue weighted by Crippen LogP contribution is 2.25. The van der Waals surface area contributed by atoms with Gasteiger partial charge in [0, 0.05) is 5.56 Å². The maximum Gasteiger partial charge on any atom is 0.252 e. The molecule has 0 bridgehead atoms. The molecule has 0 aliphatic rings. The Hall–Kier alpha value is -3.27. The number of nitrogens with one attached hydrogen (secondary N) is 1. The molecule has 0 spiro atoms. The fourth-order valence-electron chi connectivity index (χ4n) is 2.78. The predicted octanol–water partition coefficient (Wildman–Crippen LogP) is 4.22. The van der Waals surface area contributed by atoms with Crippen molar-refractivity contribution in [3.8, 4) is 11.5 Å². The van der Waals surface area contributed by atoms with Gasteiger partial charge in [0.1, 0.15) is 11.5 Å². The normalized spacial score (nSPS) is 11.5. The van der Waals surface area contributed by atoms with Crippen LogP contribution in [-0.2, 0) is 0 Å². The molecule has 4 heteroatoms. The first kappa shape index (κ1) is 17.5. The number of benzene rings is 3. The van der Waals surface area contributed by atoms with Gasteiger partial charge in [-0.1, -0.05) is 48.5 Å². The van der Waals surface area contributed by atoms with Gasteiger partial charge in [0.15, 0.2) is 0 Å². The Kier molecular flexibility index (Phi) is 5.54. The van der Waals surface area contributed by atoms with E-state index in [2.05, 4.69) is 5.32 Å². The summed E-state index contributed by atoms with van der Waals surface area (Å²) in [5.41, 5.74) is 2.54. The first-order valence-electron chi connectivity index (χ1n) is 8.35. The number of carbonyl (C=O) groups is 1. The van der Waals surface area contributed by atoms with Crippen molar-refractivity contribution in [3.05, 3.63) is 95.6 Å². The fourth-order valence-corrected chi connectivity index (χ4v) is 2.78. The number of hydrogen-bond acceptors (Lipinski definition) is 3. The van der Waals surface area contributed by atoms with Crippen LogP contribution in [-0.4, -0.2) is 20.1 Å². The van der Waals surface area contributed by atoms with Crippen LogP contribution in [0.5, 0.6) is 11.5 Å². The number of methoxy groups -OCH3 is 2. The molecule has 4 nitrogen and oxygen atoms in total. The molecule has 0 fully saturated rings. The molecular formula is C22H21NO3. The van der Waals surface area contributed by atoms with Crippen molar-refractivity contribution in [2.75, 3.05) is 14.2 Å². The molecule has 0 unspecified atom stereocenters. The molecule has 1 atom stereocenters. The molecule has 1 amide bonds. The van der Waals surface area contributed by atoms with Crippen LogP contribution in [0, 0.1) is 0 Å². The Morgan fingerprint density at radius 1 is 0.769 bits per heavy atom. The molecule has 0 saturated carbocycles. The summed E-state index contributed by atoms with van der Waals surface area (Å²) in [5, 5.41) is 3.12. The van der Waals surface area contributed by atoms with E-state index in [1.807, 2.05) is 60.7 Å². The lowest BCUT2D eigenvalue weighted by Gasteiger charge is -2.20. The van der Waals surface area contributed by atoms with Gasteiger partial charge in [-0.25, -0.2) is 0 Å². The molecule has 3 aromatic rings. The smallest absolute Gasteiger partial charge is 0.252 e. The van der Waals surface area contributed by atoms with Gasteiger partial charge < -0.3 is 14.8 Å². The van der Waals surface area contributed by atoms with Crippen LogP contribution in [0.4, 0.5) is 0 Å². The second-order valence-electron chi connectivity index (χ2n) is 5.82. The third kappa shape index (κ3) is 4.03. The second kappa shape index (κ2) is 8.21. The monoisotopic (exact) mass is 347 g/mol. The summed E-state index contributed by atoms with van der Waals surface area (Å²) in [7, 11) is 3.22. The summed E-state index contributed by atoms with van der Waals surface area (Å²) in [6.07, 6.45) is 0. The molecule has 0 radical (unpaired) electrons. The van der Waals surface area contributed by atoms with Gasteiger partial charge in [-0.15, -0.1) is 0 Å². The molecule has 26 heavy (non-hydrogen) atoms. The minimum Gasteiger partial charge on any atom is -0.497 e. The van der Waals surface area contributed by atoms with Crippen LogP contribution in [0.1, 0.15) is 27.5 Å². The topological polar surface area (TPSA) is 47.6 Å². The molecular weight excluding hydrogens is 326 g/mol. The summed E-state index contributed by atoms with van der Waals surface area (Å²) >= 11 is 0. The van der Waals surface area contributed by atoms with Crippen LogP contribution in [0.25, 0.3) is 0 Å². The Balaban J connectivity index is 1.91. The average molecular weight is 347 g/mol. The maximum atomic E-state index is 12.8. The molecule has 0 heterocycles. The largest absolute Gasteiger partial charge is 0.497 e. The summed E-state index contributed by atoms with van der Waals surface area (Å²) < 4.78 is 10.4. The zero-order chi connectivity index (χ0) is 18.4. The van der Waals surface area contributed by atoms with Gasteiger partial charge in [0.2, 0.25) is 0 Å². The van der Waals surface area contributed by atoms with Crippen molar-refractivity contribution in [3.63, 3.8) is 0 Å². The van der Waals surface area contributed by atoms with E-state index in [0.717, 1.165) is 16.9 Å². The predicted molar refractivity (Wildman–Crippen MR) is 102 cm³/mol. The summed E-state index contributed by atoms with van der Waals surface area (Å²) in [5.74, 6) is 1.27. The number of amides is 1. The summed E-state index contributed by atoms with van der Waals surface area (Å²) in [6, 6.07) is 24.4. The SMILES string of the molecule is COc1ccc([C@H](NC(=O)c2cccc(OC)c2)c2ccccc2)cc1. The minimum atomic E-state index is -0.263. The quantitative estimate of drug-likeness (QED) is 0.726. The highest BCUT2D eigenvalue weighted by molar-refractivity contribution is 5.95. The average Bonchev–Trinajstić information content (AvgIpc) is 2.72. The lowest BCUT2D eigenvalue weighted by atomic mass is 9.98. The molecule has 3 aromatic carbocycles. The maximum absolute atomic E-state index is 12.8. The third-order valence-electron chi connectivity index (χ3n) is 4.19. The lowest BCUT2D eigenvalue weighted by molar-refractivity contribution is 0.0942. The van der Waals surface area contributed by atoms with E-state index in [-0.39, 0.29) is 11.9 Å². The van der Waals surface area contributed by atoms with Gasteiger partial charge in [-0.3, -0.25) is 4.79 Å². The van der Waals surface area contributed by atoms with E-state index in [0.29, 0.717) is 11.3 Å². The second-order valence-corrected chi connectivity index (χ2v) is 5.82. The Morgan fingerprint density at radius 3 is 2.08 bits per heavy atom. The first-order chi connectivity index (χ1) is 12.7. The standard InChI is InChI=1S/C22H21NO3/c1-25-19-13-11-17(12-14-19)21(16-7-4-3-5-8-16)23-22(24)18-9-6-10-20(15-18)26-2/h3-15,21H,1-2H3,(H,23,24)/t21-/m1/s1. The van der Waals surface area contributed by atoms with Crippen molar-refractivity contribution in [2.24, 2.45) is 0 Å². The fraction of sp³-hybridized carbons (Fsp3) is 0.136. The number of hydrogen-bond donors (Lipinski definition) is 1. The van der Waals surface area contributed by atoms with Gasteiger partial charge in [-0.2, -0.15) is 0 Å². The van der Waals surface area contributed by atoms with Crippen LogP contribution in [0.2, 0.25) is 0 Å². The van der Waals surface area contributed by atoms with E-state index in [9.17, 15) is 4.79 Å². The van der Waals surface area contributed by atoms with E-state index in [1.54, 1.807) is 32.4 Å². The summed E-state index contributed by atoms with van der Waals surface area (Å²) in [6.45, 7) is 0. The third-order valence-corrected chi connectivity index (χ3v) is 4.19. The number of rotatable bonds is 6. The van der Waals surface area contributed by atoms with Crippen molar-refractivity contribution in [1.29, 1.82) is 0 Å². The van der Waals surface area contributed by atoms with Crippen LogP contribution < -0.4 is 14.8 Å². The van der Waals surface area contributed by atoms with Gasteiger partial charge in [-0.05, 0) is 41.5 Å². The molecule has 132 valence electrons. The molecule has 0 aliphatic carbocycles. The Bertz CT molecular complexity index is 860. The van der Waals surface area contributed by atoms with E-state index in [4.69, 9.17) is 9.47 Å². The molecule has 0 aliphatic heterocycles. The van der Waals surface area contributed by atoms with Crippen LogP contribution >= 0.6 is 0 Å². The number of carbonyl (C=O) groups excluding carboxylic acids is 1. The highest BCUT2D eigenvalue weighted by Gasteiger charge is 2.18. The van der Waals surface area contributed by atoms with Gasteiger partial charge >= 0.3 is 0 Å². The molecule has 1 N–H and O–H groups in total. The van der Waals surface area contributed by atoms with E-state index < -0.39 is 0 Å². The lowest BCUT2D eigenvalue weighted by Crippen LogP contribution is -2.29. The zero-order valence-corrected chi connectivity index (χ0v) is 14.8. The van der Waals surface area contributed by atoms with E-state index >= 15 is 0 Å². The van der Waals surface area contributed by atoms with Gasteiger partial charge in [0.25, 0.3) is 5.91 Å². The molecule has 3 rings (SSSR count). The summed E-state index contributed by atoms with van der Waals surface area (Å²) in [4.78, 5) is 12.8. The van der Waals surface area contributed by atoms with Crippen molar-refractivity contribution >= 4 is 5.91 Å². The van der Waals surface area contributed by atoms with Gasteiger partial charge in [0.05, 0.1) is 20.3 Å². The van der Waals surface area contributed by atoms with Crippen molar-refractivity contribution in [2.45, 2.75) is 6.04 Å². The Morgan fingerprint density at radius 2 is 1.42 bits per heavy atom. The molecule has 0 aromatic heterocycles. The first-order valence-corrected chi connectivity index (χ1v) is 8.35. The van der Waals surface area contributed by atoms with Crippen LogP contribution in [0.15, 0.2) is 78.9 Å². The molecule has 0 saturated heterocycles. The van der Waals surface area contributed by atoms with Crippen molar-refractivity contribution in [1.82, 2.24) is 5.32 Å². The Labute approximate surface area is 153 Å². The van der Waals surface area contributed by atoms with E-state index in [1.165, 1.54) is 0 Å². The zero-order valence-electron chi connectivity index (χ0n) is 14.8. The highest BCUT2D eigenvalue weighted by atomic mass is 16.5. The van der Waals surface area contributed by atoms with Crippen molar-refractivity contribution < 1.29 is 14.3 Å². The van der Waals surface area contributed by atoms with Crippen LogP contribution in [0.3, 0.4) is 0 Å². The number of ether oxygens (including phenoxy) is 2. The minimum absolute atomic E-state index is 0.159.